The van der Waals surface area contributed by atoms with E-state index in [9.17, 15) is 0 Å². The summed E-state index contributed by atoms with van der Waals surface area (Å²) in [6.07, 6.45) is 1.64. The molecule has 21 heavy (non-hydrogen) atoms. The number of nitrogens with two attached hydrogens (primary N) is 1. The maximum Gasteiger partial charge on any atom is 0.122 e. The molecule has 0 aliphatic heterocycles. The second-order valence-electron chi connectivity index (χ2n) is 5.33. The summed E-state index contributed by atoms with van der Waals surface area (Å²) in [5, 5.41) is 0. The molecule has 0 aliphatic carbocycles. The summed E-state index contributed by atoms with van der Waals surface area (Å²) in [7, 11) is 3.37. The molecular weight excluding hydrogens is 262 g/mol. The Labute approximate surface area is 126 Å². The van der Waals surface area contributed by atoms with Crippen molar-refractivity contribution in [3.05, 3.63) is 59.2 Å². The van der Waals surface area contributed by atoms with E-state index in [0.29, 0.717) is 0 Å². The van der Waals surface area contributed by atoms with Gasteiger partial charge in [0.2, 0.25) is 0 Å². The Morgan fingerprint density at radius 3 is 2.29 bits per heavy atom. The standard InChI is InChI=1S/C18H23NO2/c1-13-4-9-18(21-3)15(10-13)12-16(19)11-14-5-7-17(20-2)8-6-14/h4-10,16H,11-12,19H2,1-3H3. The van der Waals surface area contributed by atoms with Gasteiger partial charge in [0.15, 0.2) is 0 Å². The zero-order chi connectivity index (χ0) is 15.2. The first-order valence-corrected chi connectivity index (χ1v) is 7.14. The number of aryl methyl sites for hydroxylation is 1. The fraction of sp³-hybridized carbons (Fsp3) is 0.333. The molecule has 1 unspecified atom stereocenters. The van der Waals surface area contributed by atoms with Gasteiger partial charge < -0.3 is 15.2 Å². The van der Waals surface area contributed by atoms with Crippen molar-refractivity contribution < 1.29 is 9.47 Å². The van der Waals surface area contributed by atoms with Gasteiger partial charge in [-0.05, 0) is 49.1 Å². The second-order valence-corrected chi connectivity index (χ2v) is 5.33. The average molecular weight is 285 g/mol. The van der Waals surface area contributed by atoms with Gasteiger partial charge in [-0.25, -0.2) is 0 Å². The summed E-state index contributed by atoms with van der Waals surface area (Å²) >= 11 is 0. The van der Waals surface area contributed by atoms with E-state index in [-0.39, 0.29) is 6.04 Å². The third-order valence-electron chi connectivity index (χ3n) is 3.57. The molecule has 0 bridgehead atoms. The van der Waals surface area contributed by atoms with Crippen LogP contribution in [0, 0.1) is 6.92 Å². The summed E-state index contributed by atoms with van der Waals surface area (Å²) in [4.78, 5) is 0. The van der Waals surface area contributed by atoms with Gasteiger partial charge >= 0.3 is 0 Å². The predicted octanol–water partition coefficient (Wildman–Crippen LogP) is 3.12. The van der Waals surface area contributed by atoms with Crippen molar-refractivity contribution in [2.24, 2.45) is 5.73 Å². The van der Waals surface area contributed by atoms with Crippen molar-refractivity contribution in [2.75, 3.05) is 14.2 Å². The van der Waals surface area contributed by atoms with Crippen LogP contribution in [0.3, 0.4) is 0 Å². The molecule has 0 amide bonds. The molecule has 0 saturated carbocycles. The van der Waals surface area contributed by atoms with E-state index in [0.717, 1.165) is 24.3 Å². The number of methoxy groups -OCH3 is 2. The molecular formula is C18H23NO2. The van der Waals surface area contributed by atoms with E-state index in [1.54, 1.807) is 14.2 Å². The van der Waals surface area contributed by atoms with Crippen LogP contribution < -0.4 is 15.2 Å². The second kappa shape index (κ2) is 7.14. The lowest BCUT2D eigenvalue weighted by Gasteiger charge is -2.15. The van der Waals surface area contributed by atoms with Crippen molar-refractivity contribution in [3.8, 4) is 11.5 Å². The van der Waals surface area contributed by atoms with E-state index in [1.807, 2.05) is 18.2 Å². The van der Waals surface area contributed by atoms with E-state index < -0.39 is 0 Å². The van der Waals surface area contributed by atoms with Crippen LogP contribution in [0.25, 0.3) is 0 Å². The number of hydrogen-bond donors (Lipinski definition) is 1. The normalized spacial score (nSPS) is 12.0. The minimum atomic E-state index is 0.0640. The first-order valence-electron chi connectivity index (χ1n) is 7.14. The SMILES string of the molecule is COc1ccc(CC(N)Cc2cc(C)ccc2OC)cc1. The Hall–Kier alpha value is -2.00. The van der Waals surface area contributed by atoms with Gasteiger partial charge in [0.1, 0.15) is 11.5 Å². The van der Waals surface area contributed by atoms with E-state index in [2.05, 4.69) is 31.2 Å². The van der Waals surface area contributed by atoms with E-state index in [4.69, 9.17) is 15.2 Å². The Morgan fingerprint density at radius 1 is 0.952 bits per heavy atom. The Kier molecular flexibility index (Phi) is 5.23. The zero-order valence-electron chi connectivity index (χ0n) is 12.9. The first-order chi connectivity index (χ1) is 10.1. The fourth-order valence-electron chi connectivity index (χ4n) is 2.49. The molecule has 0 radical (unpaired) electrons. The largest absolute Gasteiger partial charge is 0.497 e. The molecule has 2 rings (SSSR count). The third-order valence-corrected chi connectivity index (χ3v) is 3.57. The maximum atomic E-state index is 6.30. The lowest BCUT2D eigenvalue weighted by atomic mass is 9.98. The van der Waals surface area contributed by atoms with Crippen LogP contribution in [0.5, 0.6) is 11.5 Å². The Bertz CT molecular complexity index is 578. The zero-order valence-corrected chi connectivity index (χ0v) is 12.9. The van der Waals surface area contributed by atoms with Gasteiger partial charge in [-0.15, -0.1) is 0 Å². The summed E-state index contributed by atoms with van der Waals surface area (Å²) in [6.45, 7) is 2.08. The number of hydrogen-bond acceptors (Lipinski definition) is 3. The van der Waals surface area contributed by atoms with Gasteiger partial charge in [0, 0.05) is 6.04 Å². The van der Waals surface area contributed by atoms with Crippen LogP contribution in [-0.4, -0.2) is 20.3 Å². The van der Waals surface area contributed by atoms with Crippen molar-refractivity contribution >= 4 is 0 Å². The predicted molar refractivity (Wildman–Crippen MR) is 86.1 cm³/mol. The van der Waals surface area contributed by atoms with Gasteiger partial charge in [-0.2, -0.15) is 0 Å². The summed E-state index contributed by atoms with van der Waals surface area (Å²) in [6, 6.07) is 14.3. The first kappa shape index (κ1) is 15.4. The molecule has 0 saturated heterocycles. The van der Waals surface area contributed by atoms with E-state index in [1.165, 1.54) is 16.7 Å². The topological polar surface area (TPSA) is 44.5 Å². The molecule has 0 spiro atoms. The number of rotatable bonds is 6. The van der Waals surface area contributed by atoms with Gasteiger partial charge in [-0.3, -0.25) is 0 Å². The third kappa shape index (κ3) is 4.23. The Balaban J connectivity index is 2.03. The molecule has 0 aliphatic rings. The molecule has 0 heterocycles. The van der Waals surface area contributed by atoms with Crippen LogP contribution in [0.4, 0.5) is 0 Å². The minimum absolute atomic E-state index is 0.0640. The minimum Gasteiger partial charge on any atom is -0.497 e. The number of ether oxygens (including phenoxy) is 2. The lowest BCUT2D eigenvalue weighted by Crippen LogP contribution is -2.25. The summed E-state index contributed by atoms with van der Waals surface area (Å²) in [5.41, 5.74) is 9.90. The van der Waals surface area contributed by atoms with E-state index >= 15 is 0 Å². The van der Waals surface area contributed by atoms with Crippen LogP contribution in [0.2, 0.25) is 0 Å². The fourth-order valence-corrected chi connectivity index (χ4v) is 2.49. The molecule has 2 N–H and O–H groups in total. The molecule has 2 aromatic carbocycles. The quantitative estimate of drug-likeness (QED) is 0.887. The van der Waals surface area contributed by atoms with Crippen LogP contribution in [0.1, 0.15) is 16.7 Å². The molecule has 1 atom stereocenters. The van der Waals surface area contributed by atoms with Crippen LogP contribution in [0.15, 0.2) is 42.5 Å². The smallest absolute Gasteiger partial charge is 0.122 e. The average Bonchev–Trinajstić information content (AvgIpc) is 2.48. The Morgan fingerprint density at radius 2 is 1.67 bits per heavy atom. The van der Waals surface area contributed by atoms with Crippen LogP contribution in [-0.2, 0) is 12.8 Å². The highest BCUT2D eigenvalue weighted by Crippen LogP contribution is 2.22. The van der Waals surface area contributed by atoms with Crippen molar-refractivity contribution in [1.82, 2.24) is 0 Å². The summed E-state index contributed by atoms with van der Waals surface area (Å²) in [5.74, 6) is 1.78. The highest BCUT2D eigenvalue weighted by Gasteiger charge is 2.10. The monoisotopic (exact) mass is 285 g/mol. The van der Waals surface area contributed by atoms with Gasteiger partial charge in [0.05, 0.1) is 14.2 Å². The molecule has 3 nitrogen and oxygen atoms in total. The molecule has 112 valence electrons. The molecule has 2 aromatic rings. The van der Waals surface area contributed by atoms with Crippen molar-refractivity contribution in [3.63, 3.8) is 0 Å². The molecule has 3 heteroatoms. The lowest BCUT2D eigenvalue weighted by molar-refractivity contribution is 0.407. The van der Waals surface area contributed by atoms with Crippen molar-refractivity contribution in [2.45, 2.75) is 25.8 Å². The van der Waals surface area contributed by atoms with Gasteiger partial charge in [-0.1, -0.05) is 29.8 Å². The van der Waals surface area contributed by atoms with Gasteiger partial charge in [0.25, 0.3) is 0 Å². The maximum absolute atomic E-state index is 6.30. The highest BCUT2D eigenvalue weighted by atomic mass is 16.5. The van der Waals surface area contributed by atoms with Crippen LogP contribution >= 0.6 is 0 Å². The van der Waals surface area contributed by atoms with Crippen molar-refractivity contribution in [1.29, 1.82) is 0 Å². The molecule has 0 fully saturated rings. The molecule has 0 aromatic heterocycles. The number of benzene rings is 2. The highest BCUT2D eigenvalue weighted by molar-refractivity contribution is 5.37. The summed E-state index contributed by atoms with van der Waals surface area (Å²) < 4.78 is 10.6.